The summed E-state index contributed by atoms with van der Waals surface area (Å²) in [6, 6.07) is 4.50. The lowest BCUT2D eigenvalue weighted by Gasteiger charge is -2.56. The van der Waals surface area contributed by atoms with Crippen molar-refractivity contribution in [1.29, 1.82) is 0 Å². The molecule has 1 aromatic carbocycles. The molecule has 0 unspecified atom stereocenters. The van der Waals surface area contributed by atoms with E-state index in [0.717, 1.165) is 31.4 Å². The van der Waals surface area contributed by atoms with Crippen molar-refractivity contribution in [3.63, 3.8) is 0 Å². The highest BCUT2D eigenvalue weighted by molar-refractivity contribution is 5.63. The van der Waals surface area contributed by atoms with Crippen LogP contribution in [0.15, 0.2) is 34.9 Å². The molecule has 4 saturated carbocycles. The minimum atomic E-state index is -4.52. The lowest BCUT2D eigenvalue weighted by atomic mass is 9.53. The van der Waals surface area contributed by atoms with E-state index in [9.17, 15) is 23.3 Å². The van der Waals surface area contributed by atoms with Crippen molar-refractivity contribution >= 4 is 5.69 Å². The predicted octanol–water partition coefficient (Wildman–Crippen LogP) is 5.45. The fourth-order valence-electron chi connectivity index (χ4n) is 6.50. The van der Waals surface area contributed by atoms with Crippen LogP contribution in [-0.2, 0) is 11.7 Å². The van der Waals surface area contributed by atoms with Gasteiger partial charge in [0.25, 0.3) is 5.89 Å². The number of aromatic nitrogens is 4. The molecule has 4 aliphatic rings. The molecule has 33 heavy (non-hydrogen) atoms. The highest BCUT2D eigenvalue weighted by atomic mass is 19.4. The lowest BCUT2D eigenvalue weighted by molar-refractivity contribution is -0.384. The fourth-order valence-corrected chi connectivity index (χ4v) is 6.50. The van der Waals surface area contributed by atoms with Gasteiger partial charge in [-0.3, -0.25) is 14.8 Å². The molecule has 0 atom stereocenters. The van der Waals surface area contributed by atoms with Gasteiger partial charge in [-0.2, -0.15) is 18.3 Å². The van der Waals surface area contributed by atoms with Gasteiger partial charge in [-0.15, -0.1) is 10.2 Å². The van der Waals surface area contributed by atoms with E-state index in [1.54, 1.807) is 4.68 Å². The van der Waals surface area contributed by atoms with Gasteiger partial charge in [-0.1, -0.05) is 6.07 Å². The summed E-state index contributed by atoms with van der Waals surface area (Å²) in [5.74, 6) is 1.53. The molecule has 7 rings (SSSR count). The summed E-state index contributed by atoms with van der Waals surface area (Å²) in [6.07, 6.45) is 3.47. The molecule has 4 bridgehead atoms. The first kappa shape index (κ1) is 20.4. The molecular weight excluding hydrogens is 439 g/mol. The topological polar surface area (TPSA) is 99.9 Å². The second kappa shape index (κ2) is 6.88. The van der Waals surface area contributed by atoms with E-state index in [1.165, 1.54) is 37.6 Å². The Balaban J connectivity index is 1.38. The monoisotopic (exact) mass is 459 g/mol. The molecule has 172 valence electrons. The summed E-state index contributed by atoms with van der Waals surface area (Å²) >= 11 is 0. The molecule has 3 aromatic rings. The van der Waals surface area contributed by atoms with E-state index in [-0.39, 0.29) is 34.3 Å². The highest BCUT2D eigenvalue weighted by Crippen LogP contribution is 2.59. The predicted molar refractivity (Wildman–Crippen MR) is 109 cm³/mol. The zero-order valence-electron chi connectivity index (χ0n) is 17.5. The van der Waals surface area contributed by atoms with Crippen LogP contribution in [-0.4, -0.2) is 24.9 Å². The van der Waals surface area contributed by atoms with Gasteiger partial charge >= 0.3 is 11.9 Å². The maximum Gasteiger partial charge on any atom is 0.416 e. The van der Waals surface area contributed by atoms with Gasteiger partial charge in [0.1, 0.15) is 6.20 Å². The van der Waals surface area contributed by atoms with Crippen LogP contribution >= 0.6 is 0 Å². The SMILES string of the molecule is O=[N+]([O-])c1cn(C23CC4CC(CC(C4)C2)C3)nc1-c1nnc(-c2cccc(C(F)(F)F)c2)o1. The van der Waals surface area contributed by atoms with E-state index < -0.39 is 16.7 Å². The number of hydrogen-bond acceptors (Lipinski definition) is 6. The first-order valence-electron chi connectivity index (χ1n) is 11.0. The van der Waals surface area contributed by atoms with Gasteiger partial charge in [0, 0.05) is 5.56 Å². The minimum Gasteiger partial charge on any atom is -0.414 e. The van der Waals surface area contributed by atoms with Gasteiger partial charge in [-0.25, -0.2) is 0 Å². The molecule has 0 amide bonds. The summed E-state index contributed by atoms with van der Waals surface area (Å²) < 4.78 is 46.5. The van der Waals surface area contributed by atoms with Crippen LogP contribution in [0.4, 0.5) is 18.9 Å². The third-order valence-corrected chi connectivity index (χ3v) is 7.45. The Hall–Kier alpha value is -3.24. The number of halogens is 3. The van der Waals surface area contributed by atoms with E-state index in [4.69, 9.17) is 4.42 Å². The maximum atomic E-state index is 13.1. The van der Waals surface area contributed by atoms with Gasteiger partial charge < -0.3 is 4.42 Å². The minimum absolute atomic E-state index is 0.0542. The van der Waals surface area contributed by atoms with Crippen LogP contribution in [0.1, 0.15) is 44.1 Å². The summed E-state index contributed by atoms with van der Waals surface area (Å²) in [4.78, 5) is 11.3. The first-order valence-corrected chi connectivity index (χ1v) is 11.0. The summed E-state index contributed by atoms with van der Waals surface area (Å²) in [5.41, 5.74) is -1.31. The van der Waals surface area contributed by atoms with Crippen LogP contribution in [0.25, 0.3) is 23.0 Å². The molecular formula is C22H20F3N5O3. The Bertz CT molecular complexity index is 1210. The standard InChI is InChI=1S/C22H20F3N5O3/c23-22(24,25)16-3-1-2-15(7-16)19-26-27-20(33-19)18-17(30(31)32)11-29(28-18)21-8-12-4-13(9-21)6-14(5-12)10-21/h1-3,7,11-14H,4-6,8-10H2. The quantitative estimate of drug-likeness (QED) is 0.380. The molecule has 2 heterocycles. The molecule has 11 heteroatoms. The van der Waals surface area contributed by atoms with E-state index in [0.29, 0.717) is 17.8 Å². The Morgan fingerprint density at radius 2 is 1.70 bits per heavy atom. The van der Waals surface area contributed by atoms with E-state index in [1.807, 2.05) is 0 Å². The number of rotatable bonds is 4. The van der Waals surface area contributed by atoms with Crippen LogP contribution in [0, 0.1) is 27.9 Å². The van der Waals surface area contributed by atoms with Crippen LogP contribution in [0.5, 0.6) is 0 Å². The second-order valence-electron chi connectivity index (χ2n) is 9.70. The molecule has 0 spiro atoms. The van der Waals surface area contributed by atoms with E-state index >= 15 is 0 Å². The molecule has 2 aromatic heterocycles. The smallest absolute Gasteiger partial charge is 0.414 e. The second-order valence-corrected chi connectivity index (χ2v) is 9.70. The van der Waals surface area contributed by atoms with Crippen molar-refractivity contribution in [1.82, 2.24) is 20.0 Å². The lowest BCUT2D eigenvalue weighted by Crippen LogP contribution is -2.52. The zero-order chi connectivity index (χ0) is 23.0. The highest BCUT2D eigenvalue weighted by Gasteiger charge is 2.53. The third kappa shape index (κ3) is 3.32. The maximum absolute atomic E-state index is 13.1. The van der Waals surface area contributed by atoms with Crippen molar-refractivity contribution in [2.45, 2.75) is 50.2 Å². The normalized spacial score (nSPS) is 28.4. The van der Waals surface area contributed by atoms with Crippen molar-refractivity contribution in [2.24, 2.45) is 17.8 Å². The Labute approximate surface area is 186 Å². The van der Waals surface area contributed by atoms with Crippen molar-refractivity contribution in [3.05, 3.63) is 46.1 Å². The third-order valence-electron chi connectivity index (χ3n) is 7.45. The molecule has 8 nitrogen and oxygen atoms in total. The first-order chi connectivity index (χ1) is 15.7. The Morgan fingerprint density at radius 3 is 2.30 bits per heavy atom. The van der Waals surface area contributed by atoms with Gasteiger partial charge in [0.05, 0.1) is 16.0 Å². The van der Waals surface area contributed by atoms with Gasteiger partial charge in [-0.05, 0) is 74.5 Å². The molecule has 0 aliphatic heterocycles. The van der Waals surface area contributed by atoms with Crippen LogP contribution < -0.4 is 0 Å². The number of nitrogens with zero attached hydrogens (tertiary/aromatic N) is 5. The Morgan fingerprint density at radius 1 is 1.06 bits per heavy atom. The van der Waals surface area contributed by atoms with Crippen LogP contribution in [0.3, 0.4) is 0 Å². The fraction of sp³-hybridized carbons (Fsp3) is 0.500. The molecule has 4 aliphatic carbocycles. The van der Waals surface area contributed by atoms with E-state index in [2.05, 4.69) is 15.3 Å². The molecule has 0 N–H and O–H groups in total. The summed E-state index contributed by atoms with van der Waals surface area (Å²) in [6.45, 7) is 0. The number of hydrogen-bond donors (Lipinski definition) is 0. The zero-order valence-corrected chi connectivity index (χ0v) is 17.5. The van der Waals surface area contributed by atoms with Crippen molar-refractivity contribution in [3.8, 4) is 23.0 Å². The Kier molecular flexibility index (Phi) is 4.25. The summed E-state index contributed by atoms with van der Waals surface area (Å²) in [7, 11) is 0. The molecule has 0 saturated heterocycles. The van der Waals surface area contributed by atoms with Crippen LogP contribution in [0.2, 0.25) is 0 Å². The molecule has 4 fully saturated rings. The van der Waals surface area contributed by atoms with Crippen molar-refractivity contribution < 1.29 is 22.5 Å². The van der Waals surface area contributed by atoms with Crippen molar-refractivity contribution in [2.75, 3.05) is 0 Å². The largest absolute Gasteiger partial charge is 0.416 e. The average Bonchev–Trinajstić information content (AvgIpc) is 3.40. The van der Waals surface area contributed by atoms with Gasteiger partial charge in [0.15, 0.2) is 0 Å². The van der Waals surface area contributed by atoms with Gasteiger partial charge in [0.2, 0.25) is 11.6 Å². The summed E-state index contributed by atoms with van der Waals surface area (Å²) in [5, 5.41) is 24.1. The average molecular weight is 459 g/mol. The number of alkyl halides is 3. The number of nitro groups is 1. The number of benzene rings is 1. The molecule has 0 radical (unpaired) electrons.